The number of likely N-dealkylation sites (N-methyl/N-ethyl adjacent to an activating group) is 1. The van der Waals surface area contributed by atoms with Crippen LogP contribution in [0.1, 0.15) is 4.88 Å². The molecule has 2 amide bonds. The van der Waals surface area contributed by atoms with Crippen LogP contribution in [0.25, 0.3) is 17.2 Å². The Balaban J connectivity index is 1.88. The van der Waals surface area contributed by atoms with Gasteiger partial charge in [-0.25, -0.2) is 0 Å². The molecule has 0 radical (unpaired) electrons. The third kappa shape index (κ3) is 2.80. The first-order valence-electron chi connectivity index (χ1n) is 6.53. The monoisotopic (exact) mass is 331 g/mol. The summed E-state index contributed by atoms with van der Waals surface area (Å²) in [5, 5.41) is 1.79. The zero-order valence-electron chi connectivity index (χ0n) is 12.0. The minimum Gasteiger partial charge on any atom is -0.497 e. The van der Waals surface area contributed by atoms with E-state index in [2.05, 4.69) is 0 Å². The lowest BCUT2D eigenvalue weighted by Gasteiger charge is -2.02. The van der Waals surface area contributed by atoms with Gasteiger partial charge in [0.25, 0.3) is 11.1 Å². The van der Waals surface area contributed by atoms with Crippen LogP contribution in [0.4, 0.5) is 4.79 Å². The third-order valence-electron chi connectivity index (χ3n) is 3.28. The van der Waals surface area contributed by atoms with Gasteiger partial charge in [-0.1, -0.05) is 12.1 Å². The summed E-state index contributed by atoms with van der Waals surface area (Å²) in [4.78, 5) is 25.9. The molecule has 0 saturated carbocycles. The van der Waals surface area contributed by atoms with Crippen molar-refractivity contribution in [1.29, 1.82) is 0 Å². The molecule has 0 spiro atoms. The zero-order valence-corrected chi connectivity index (χ0v) is 13.7. The van der Waals surface area contributed by atoms with E-state index in [1.807, 2.05) is 35.7 Å². The Labute approximate surface area is 136 Å². The second kappa shape index (κ2) is 5.98. The largest absolute Gasteiger partial charge is 0.497 e. The summed E-state index contributed by atoms with van der Waals surface area (Å²) in [5.41, 5.74) is 2.12. The molecule has 2 aromatic rings. The van der Waals surface area contributed by atoms with Crippen molar-refractivity contribution < 1.29 is 14.3 Å². The number of thiophene rings is 1. The molecule has 1 fully saturated rings. The Morgan fingerprint density at radius 3 is 2.68 bits per heavy atom. The Morgan fingerprint density at radius 2 is 2.00 bits per heavy atom. The average Bonchev–Trinajstić information content (AvgIpc) is 3.09. The predicted molar refractivity (Wildman–Crippen MR) is 90.0 cm³/mol. The van der Waals surface area contributed by atoms with Crippen molar-refractivity contribution in [2.45, 2.75) is 0 Å². The predicted octanol–water partition coefficient (Wildman–Crippen LogP) is 4.09. The standard InChI is InChI=1S/C16H13NO3S2/c1-17-15(18)14(22-16(17)19)8-13-7-11(9-21-13)10-4-3-5-12(6-10)20-2/h3-9H,1-2H3/b14-8-. The van der Waals surface area contributed by atoms with Gasteiger partial charge in [-0.05, 0) is 52.5 Å². The summed E-state index contributed by atoms with van der Waals surface area (Å²) in [6.45, 7) is 0. The first-order chi connectivity index (χ1) is 10.6. The summed E-state index contributed by atoms with van der Waals surface area (Å²) >= 11 is 2.51. The molecule has 0 atom stereocenters. The molecule has 0 bridgehead atoms. The summed E-state index contributed by atoms with van der Waals surface area (Å²) in [7, 11) is 3.13. The fraction of sp³-hybridized carbons (Fsp3) is 0.125. The van der Waals surface area contributed by atoms with Crippen LogP contribution >= 0.6 is 23.1 Å². The fourth-order valence-corrected chi connectivity index (χ4v) is 3.80. The quantitative estimate of drug-likeness (QED) is 0.795. The van der Waals surface area contributed by atoms with Gasteiger partial charge in [-0.15, -0.1) is 11.3 Å². The Bertz CT molecular complexity index is 779. The lowest BCUT2D eigenvalue weighted by Crippen LogP contribution is -2.22. The van der Waals surface area contributed by atoms with Gasteiger partial charge >= 0.3 is 0 Å². The highest BCUT2D eigenvalue weighted by Gasteiger charge is 2.31. The fourth-order valence-electron chi connectivity index (χ4n) is 2.06. The highest BCUT2D eigenvalue weighted by molar-refractivity contribution is 8.18. The van der Waals surface area contributed by atoms with Crippen LogP contribution < -0.4 is 4.74 Å². The number of amides is 2. The van der Waals surface area contributed by atoms with E-state index in [1.165, 1.54) is 18.4 Å². The van der Waals surface area contributed by atoms with Crippen LogP contribution in [0.15, 0.2) is 40.6 Å². The van der Waals surface area contributed by atoms with Gasteiger partial charge in [-0.3, -0.25) is 14.5 Å². The molecule has 1 aliphatic rings. The van der Waals surface area contributed by atoms with E-state index in [0.717, 1.165) is 38.4 Å². The zero-order chi connectivity index (χ0) is 15.7. The van der Waals surface area contributed by atoms with Gasteiger partial charge in [0.05, 0.1) is 12.0 Å². The molecule has 1 aromatic heterocycles. The van der Waals surface area contributed by atoms with Crippen molar-refractivity contribution in [3.8, 4) is 16.9 Å². The van der Waals surface area contributed by atoms with Crippen molar-refractivity contribution in [3.63, 3.8) is 0 Å². The molecular formula is C16H13NO3S2. The van der Waals surface area contributed by atoms with Gasteiger partial charge < -0.3 is 4.74 Å². The van der Waals surface area contributed by atoms with Crippen LogP contribution in [-0.4, -0.2) is 30.2 Å². The van der Waals surface area contributed by atoms with E-state index in [4.69, 9.17) is 4.74 Å². The number of thioether (sulfide) groups is 1. The molecule has 1 aliphatic heterocycles. The van der Waals surface area contributed by atoms with Crippen molar-refractivity contribution in [2.24, 2.45) is 0 Å². The molecule has 2 heterocycles. The molecule has 1 aromatic carbocycles. The minimum absolute atomic E-state index is 0.235. The highest BCUT2D eigenvalue weighted by atomic mass is 32.2. The average molecular weight is 331 g/mol. The second-order valence-corrected chi connectivity index (χ2v) is 6.65. The Kier molecular flexibility index (Phi) is 4.04. The van der Waals surface area contributed by atoms with E-state index in [9.17, 15) is 9.59 Å². The van der Waals surface area contributed by atoms with E-state index in [0.29, 0.717) is 4.91 Å². The first-order valence-corrected chi connectivity index (χ1v) is 8.22. The summed E-state index contributed by atoms with van der Waals surface area (Å²) < 4.78 is 5.23. The molecule has 22 heavy (non-hydrogen) atoms. The SMILES string of the molecule is COc1cccc(-c2csc(/C=C3\SC(=O)N(C)C3=O)c2)c1. The summed E-state index contributed by atoms with van der Waals surface area (Å²) in [6.07, 6.45) is 1.77. The summed E-state index contributed by atoms with van der Waals surface area (Å²) in [5.74, 6) is 0.559. The van der Waals surface area contributed by atoms with E-state index in [-0.39, 0.29) is 11.1 Å². The number of rotatable bonds is 3. The lowest BCUT2D eigenvalue weighted by atomic mass is 10.1. The van der Waals surface area contributed by atoms with Crippen LogP contribution in [0.2, 0.25) is 0 Å². The van der Waals surface area contributed by atoms with Gasteiger partial charge in [0.1, 0.15) is 5.75 Å². The maximum absolute atomic E-state index is 11.9. The molecule has 3 rings (SSSR count). The van der Waals surface area contributed by atoms with Crippen molar-refractivity contribution in [2.75, 3.05) is 14.2 Å². The number of imide groups is 1. The van der Waals surface area contributed by atoms with Crippen LogP contribution in [0.3, 0.4) is 0 Å². The second-order valence-electron chi connectivity index (χ2n) is 4.71. The lowest BCUT2D eigenvalue weighted by molar-refractivity contribution is -0.121. The summed E-state index contributed by atoms with van der Waals surface area (Å²) in [6, 6.07) is 9.81. The molecule has 6 heteroatoms. The van der Waals surface area contributed by atoms with Gasteiger partial charge in [0.15, 0.2) is 0 Å². The van der Waals surface area contributed by atoms with Crippen LogP contribution in [0.5, 0.6) is 5.75 Å². The van der Waals surface area contributed by atoms with Crippen molar-refractivity contribution in [1.82, 2.24) is 4.90 Å². The van der Waals surface area contributed by atoms with Crippen molar-refractivity contribution >= 4 is 40.3 Å². The topological polar surface area (TPSA) is 46.6 Å². The number of ether oxygens (including phenoxy) is 1. The molecular weight excluding hydrogens is 318 g/mol. The van der Waals surface area contributed by atoms with Crippen LogP contribution in [0, 0.1) is 0 Å². The number of methoxy groups -OCH3 is 1. The van der Waals surface area contributed by atoms with E-state index < -0.39 is 0 Å². The normalized spacial score (nSPS) is 16.6. The van der Waals surface area contributed by atoms with Gasteiger partial charge in [0, 0.05) is 11.9 Å². The van der Waals surface area contributed by atoms with E-state index >= 15 is 0 Å². The van der Waals surface area contributed by atoms with Crippen molar-refractivity contribution in [3.05, 3.63) is 45.5 Å². The minimum atomic E-state index is -0.244. The van der Waals surface area contributed by atoms with Gasteiger partial charge in [0.2, 0.25) is 0 Å². The number of carbonyl (C=O) groups excluding carboxylic acids is 2. The molecule has 0 aliphatic carbocycles. The molecule has 0 unspecified atom stereocenters. The number of nitrogens with zero attached hydrogens (tertiary/aromatic N) is 1. The van der Waals surface area contributed by atoms with Crippen LogP contribution in [-0.2, 0) is 4.79 Å². The maximum atomic E-state index is 11.9. The van der Waals surface area contributed by atoms with Gasteiger partial charge in [-0.2, -0.15) is 0 Å². The molecule has 1 saturated heterocycles. The number of benzene rings is 1. The molecule has 112 valence electrons. The number of carbonyl (C=O) groups is 2. The highest BCUT2D eigenvalue weighted by Crippen LogP contribution is 2.34. The first kappa shape index (κ1) is 14.9. The smallest absolute Gasteiger partial charge is 0.293 e. The number of hydrogen-bond acceptors (Lipinski definition) is 5. The third-order valence-corrected chi connectivity index (χ3v) is 5.12. The Hall–Kier alpha value is -2.05. The maximum Gasteiger partial charge on any atom is 0.293 e. The molecule has 0 N–H and O–H groups in total. The van der Waals surface area contributed by atoms with E-state index in [1.54, 1.807) is 13.2 Å². The number of hydrogen-bond donors (Lipinski definition) is 0. The molecule has 4 nitrogen and oxygen atoms in total. The Morgan fingerprint density at radius 1 is 1.18 bits per heavy atom.